The van der Waals surface area contributed by atoms with Crippen molar-refractivity contribution in [3.05, 3.63) is 11.7 Å². The van der Waals surface area contributed by atoms with Crippen molar-refractivity contribution in [2.75, 3.05) is 0 Å². The molecule has 4 heteroatoms. The summed E-state index contributed by atoms with van der Waals surface area (Å²) in [5.74, 6) is 1.98. The molecule has 2 N–H and O–H groups in total. The highest BCUT2D eigenvalue weighted by Crippen LogP contribution is 2.45. The van der Waals surface area contributed by atoms with Crippen LogP contribution in [0.3, 0.4) is 0 Å². The SMILES string of the molecule is CC(C)C(N)Cc1nc(C2(C)CC2)no1. The summed E-state index contributed by atoms with van der Waals surface area (Å²) in [6.07, 6.45) is 3.02. The topological polar surface area (TPSA) is 64.9 Å². The molecule has 0 bridgehead atoms. The molecule has 1 heterocycles. The molecular weight excluding hydrogens is 190 g/mol. The van der Waals surface area contributed by atoms with Crippen LogP contribution in [0.25, 0.3) is 0 Å². The third-order valence-electron chi connectivity index (χ3n) is 3.27. The van der Waals surface area contributed by atoms with Crippen LogP contribution in [-0.4, -0.2) is 16.2 Å². The first kappa shape index (κ1) is 10.6. The Labute approximate surface area is 90.2 Å². The van der Waals surface area contributed by atoms with E-state index in [1.165, 1.54) is 12.8 Å². The van der Waals surface area contributed by atoms with Crippen LogP contribution in [0.15, 0.2) is 4.52 Å². The van der Waals surface area contributed by atoms with Gasteiger partial charge in [-0.25, -0.2) is 0 Å². The molecule has 15 heavy (non-hydrogen) atoms. The van der Waals surface area contributed by atoms with E-state index in [9.17, 15) is 0 Å². The van der Waals surface area contributed by atoms with Crippen LogP contribution in [-0.2, 0) is 11.8 Å². The monoisotopic (exact) mass is 209 g/mol. The van der Waals surface area contributed by atoms with Crippen molar-refractivity contribution in [3.63, 3.8) is 0 Å². The van der Waals surface area contributed by atoms with Gasteiger partial charge in [0.25, 0.3) is 0 Å². The molecule has 1 atom stereocenters. The van der Waals surface area contributed by atoms with E-state index in [0.29, 0.717) is 18.2 Å². The standard InChI is InChI=1S/C11H19N3O/c1-7(2)8(12)6-9-13-10(14-15-9)11(3)4-5-11/h7-8H,4-6,12H2,1-3H3. The fraction of sp³-hybridized carbons (Fsp3) is 0.818. The zero-order chi connectivity index (χ0) is 11.1. The van der Waals surface area contributed by atoms with Crippen LogP contribution < -0.4 is 5.73 Å². The van der Waals surface area contributed by atoms with Crippen molar-refractivity contribution in [1.29, 1.82) is 0 Å². The van der Waals surface area contributed by atoms with Gasteiger partial charge in [0.2, 0.25) is 5.89 Å². The first-order valence-electron chi connectivity index (χ1n) is 5.60. The normalized spacial score (nSPS) is 20.6. The van der Waals surface area contributed by atoms with Gasteiger partial charge in [0.1, 0.15) is 0 Å². The maximum atomic E-state index is 5.95. The summed E-state index contributed by atoms with van der Waals surface area (Å²) in [4.78, 5) is 4.41. The van der Waals surface area contributed by atoms with Gasteiger partial charge in [-0.15, -0.1) is 0 Å². The Morgan fingerprint density at radius 2 is 2.13 bits per heavy atom. The van der Waals surface area contributed by atoms with Crippen LogP contribution in [0.4, 0.5) is 0 Å². The Balaban J connectivity index is 2.01. The van der Waals surface area contributed by atoms with Crippen LogP contribution >= 0.6 is 0 Å². The first-order valence-corrected chi connectivity index (χ1v) is 5.60. The van der Waals surface area contributed by atoms with Gasteiger partial charge < -0.3 is 10.3 Å². The second-order valence-electron chi connectivity index (χ2n) is 5.18. The Morgan fingerprint density at radius 1 is 1.47 bits per heavy atom. The molecule has 0 aromatic carbocycles. The first-order chi connectivity index (χ1) is 7.01. The minimum atomic E-state index is 0.102. The highest BCUT2D eigenvalue weighted by molar-refractivity contribution is 5.14. The largest absolute Gasteiger partial charge is 0.339 e. The maximum Gasteiger partial charge on any atom is 0.228 e. The van der Waals surface area contributed by atoms with Gasteiger partial charge in [0.05, 0.1) is 0 Å². The lowest BCUT2D eigenvalue weighted by atomic mass is 10.0. The second kappa shape index (κ2) is 3.59. The molecule has 0 saturated heterocycles. The lowest BCUT2D eigenvalue weighted by Crippen LogP contribution is -2.28. The van der Waals surface area contributed by atoms with Crippen molar-refractivity contribution in [2.45, 2.75) is 51.5 Å². The predicted octanol–water partition coefficient (Wildman–Crippen LogP) is 1.65. The fourth-order valence-electron chi connectivity index (χ4n) is 1.43. The van der Waals surface area contributed by atoms with Gasteiger partial charge in [-0.3, -0.25) is 0 Å². The van der Waals surface area contributed by atoms with E-state index >= 15 is 0 Å². The maximum absolute atomic E-state index is 5.95. The van der Waals surface area contributed by atoms with E-state index < -0.39 is 0 Å². The summed E-state index contributed by atoms with van der Waals surface area (Å²) in [5, 5.41) is 4.02. The average molecular weight is 209 g/mol. The molecule has 1 aromatic rings. The summed E-state index contributed by atoms with van der Waals surface area (Å²) in [7, 11) is 0. The molecular formula is C11H19N3O. The Bertz CT molecular complexity index is 341. The third kappa shape index (κ3) is 2.20. The van der Waals surface area contributed by atoms with Crippen LogP contribution in [0.5, 0.6) is 0 Å². The molecule has 1 aliphatic rings. The van der Waals surface area contributed by atoms with Gasteiger partial charge in [-0.1, -0.05) is 25.9 Å². The molecule has 1 aliphatic carbocycles. The Kier molecular flexibility index (Phi) is 2.54. The predicted molar refractivity (Wildman–Crippen MR) is 57.4 cm³/mol. The van der Waals surface area contributed by atoms with Gasteiger partial charge >= 0.3 is 0 Å². The average Bonchev–Trinajstić information content (AvgIpc) is 2.76. The van der Waals surface area contributed by atoms with Crippen LogP contribution in [0.2, 0.25) is 0 Å². The molecule has 0 amide bonds. The molecule has 1 fully saturated rings. The minimum absolute atomic E-state index is 0.102. The molecule has 0 aliphatic heterocycles. The molecule has 1 aromatic heterocycles. The number of nitrogens with zero attached hydrogens (tertiary/aromatic N) is 2. The van der Waals surface area contributed by atoms with Crippen molar-refractivity contribution >= 4 is 0 Å². The van der Waals surface area contributed by atoms with Gasteiger partial charge in [0, 0.05) is 17.9 Å². The number of hydrogen-bond donors (Lipinski definition) is 1. The quantitative estimate of drug-likeness (QED) is 0.818. The molecule has 0 radical (unpaired) electrons. The van der Waals surface area contributed by atoms with E-state index in [1.54, 1.807) is 0 Å². The molecule has 1 unspecified atom stereocenters. The summed E-state index contributed by atoms with van der Waals surface area (Å²) in [6, 6.07) is 0.102. The lowest BCUT2D eigenvalue weighted by Gasteiger charge is -2.11. The minimum Gasteiger partial charge on any atom is -0.339 e. The zero-order valence-electron chi connectivity index (χ0n) is 9.66. The van der Waals surface area contributed by atoms with E-state index in [2.05, 4.69) is 30.9 Å². The molecule has 84 valence electrons. The number of hydrogen-bond acceptors (Lipinski definition) is 4. The van der Waals surface area contributed by atoms with E-state index in [0.717, 1.165) is 5.82 Å². The van der Waals surface area contributed by atoms with Crippen molar-refractivity contribution in [1.82, 2.24) is 10.1 Å². The Hall–Kier alpha value is -0.900. The van der Waals surface area contributed by atoms with Crippen molar-refractivity contribution < 1.29 is 4.52 Å². The highest BCUT2D eigenvalue weighted by atomic mass is 16.5. The van der Waals surface area contributed by atoms with Crippen molar-refractivity contribution in [2.24, 2.45) is 11.7 Å². The number of rotatable bonds is 4. The molecule has 2 rings (SSSR count). The van der Waals surface area contributed by atoms with Gasteiger partial charge in [-0.2, -0.15) is 4.98 Å². The third-order valence-corrected chi connectivity index (χ3v) is 3.27. The zero-order valence-corrected chi connectivity index (χ0v) is 9.66. The van der Waals surface area contributed by atoms with Crippen LogP contribution in [0, 0.1) is 5.92 Å². The summed E-state index contributed by atoms with van der Waals surface area (Å²) >= 11 is 0. The lowest BCUT2D eigenvalue weighted by molar-refractivity contribution is 0.347. The molecule has 4 nitrogen and oxygen atoms in total. The summed E-state index contributed by atoms with van der Waals surface area (Å²) in [5.41, 5.74) is 6.14. The molecule has 0 spiro atoms. The fourth-order valence-corrected chi connectivity index (χ4v) is 1.43. The van der Waals surface area contributed by atoms with Gasteiger partial charge in [0.15, 0.2) is 5.82 Å². The molecule has 1 saturated carbocycles. The van der Waals surface area contributed by atoms with Gasteiger partial charge in [-0.05, 0) is 18.8 Å². The highest BCUT2D eigenvalue weighted by Gasteiger charge is 2.43. The smallest absolute Gasteiger partial charge is 0.228 e. The second-order valence-corrected chi connectivity index (χ2v) is 5.18. The van der Waals surface area contributed by atoms with Crippen LogP contribution in [0.1, 0.15) is 45.3 Å². The number of aromatic nitrogens is 2. The summed E-state index contributed by atoms with van der Waals surface area (Å²) in [6.45, 7) is 6.37. The number of nitrogens with two attached hydrogens (primary N) is 1. The van der Waals surface area contributed by atoms with E-state index in [-0.39, 0.29) is 11.5 Å². The van der Waals surface area contributed by atoms with E-state index in [4.69, 9.17) is 10.3 Å². The Morgan fingerprint density at radius 3 is 2.67 bits per heavy atom. The summed E-state index contributed by atoms with van der Waals surface area (Å²) < 4.78 is 5.21. The van der Waals surface area contributed by atoms with Crippen molar-refractivity contribution in [3.8, 4) is 0 Å². The van der Waals surface area contributed by atoms with E-state index in [1.807, 2.05) is 0 Å².